The van der Waals surface area contributed by atoms with Crippen LogP contribution in [0.25, 0.3) is 33.6 Å². The van der Waals surface area contributed by atoms with Gasteiger partial charge in [0.25, 0.3) is 0 Å². The average molecular weight is 799 g/mol. The molecular weight excluding hydrogens is 753 g/mol. The second-order valence-corrected chi connectivity index (χ2v) is 18.9. The summed E-state index contributed by atoms with van der Waals surface area (Å²) >= 11 is 0. The minimum atomic E-state index is -1.39. The molecule has 239 valence electrons. The molecular formula is C42H46IrN2Si-2. The van der Waals surface area contributed by atoms with Crippen LogP contribution in [0, 0.1) is 18.1 Å². The van der Waals surface area contributed by atoms with Crippen LogP contribution >= 0.6 is 0 Å². The fourth-order valence-corrected chi connectivity index (χ4v) is 8.79. The van der Waals surface area contributed by atoms with Crippen molar-refractivity contribution in [1.29, 1.82) is 0 Å². The number of nitrogens with zero attached hydrogens (tertiary/aromatic N) is 2. The summed E-state index contributed by atoms with van der Waals surface area (Å²) in [5.41, 5.74) is 11.3. The first-order valence-electron chi connectivity index (χ1n) is 16.9. The molecule has 0 saturated heterocycles. The van der Waals surface area contributed by atoms with E-state index in [4.69, 9.17) is 9.97 Å². The molecule has 1 saturated carbocycles. The summed E-state index contributed by atoms with van der Waals surface area (Å²) in [5, 5.41) is 1.54. The van der Waals surface area contributed by atoms with E-state index in [2.05, 4.69) is 106 Å². The zero-order valence-electron chi connectivity index (χ0n) is 27.8. The Hall–Kier alpha value is -3.17. The molecule has 2 aliphatic rings. The van der Waals surface area contributed by atoms with Gasteiger partial charge in [-0.3, -0.25) is 0 Å². The third kappa shape index (κ3) is 8.03. The van der Waals surface area contributed by atoms with Crippen molar-refractivity contribution in [3.63, 3.8) is 0 Å². The Morgan fingerprint density at radius 2 is 1.46 bits per heavy atom. The summed E-state index contributed by atoms with van der Waals surface area (Å²) in [6.07, 6.45) is 14.7. The van der Waals surface area contributed by atoms with Crippen LogP contribution in [0.3, 0.4) is 0 Å². The van der Waals surface area contributed by atoms with E-state index in [1.807, 2.05) is 30.5 Å². The number of hydrogen-bond donors (Lipinski definition) is 0. The minimum Gasteiger partial charge on any atom is -0.305 e. The van der Waals surface area contributed by atoms with Crippen molar-refractivity contribution in [2.45, 2.75) is 83.8 Å². The van der Waals surface area contributed by atoms with Gasteiger partial charge in [-0.15, -0.1) is 70.8 Å². The fourth-order valence-electron chi connectivity index (χ4n) is 7.17. The Morgan fingerprint density at radius 3 is 2.15 bits per heavy atom. The fraction of sp³-hybridized carbons (Fsp3) is 0.333. The molecule has 1 radical (unpaired) electrons. The zero-order valence-corrected chi connectivity index (χ0v) is 31.2. The van der Waals surface area contributed by atoms with Crippen LogP contribution in [-0.4, -0.2) is 18.0 Å². The first kappa shape index (κ1) is 34.2. The minimum absolute atomic E-state index is 0. The van der Waals surface area contributed by atoms with Gasteiger partial charge in [0, 0.05) is 32.5 Å². The maximum absolute atomic E-state index is 4.79. The van der Waals surface area contributed by atoms with E-state index < -0.39 is 8.07 Å². The largest absolute Gasteiger partial charge is 0.305 e. The molecule has 2 aliphatic carbocycles. The molecule has 7 rings (SSSR count). The number of aromatic nitrogens is 2. The smallest absolute Gasteiger partial charge is 0.0799 e. The Kier molecular flexibility index (Phi) is 11.6. The van der Waals surface area contributed by atoms with E-state index in [-0.39, 0.29) is 20.1 Å². The van der Waals surface area contributed by atoms with Crippen molar-refractivity contribution in [3.05, 3.63) is 126 Å². The second-order valence-electron chi connectivity index (χ2n) is 13.9. The van der Waals surface area contributed by atoms with Crippen LogP contribution in [0.4, 0.5) is 0 Å². The van der Waals surface area contributed by atoms with Gasteiger partial charge in [0.05, 0.1) is 8.07 Å². The van der Waals surface area contributed by atoms with Gasteiger partial charge >= 0.3 is 0 Å². The van der Waals surface area contributed by atoms with Gasteiger partial charge in [0.2, 0.25) is 0 Å². The molecule has 5 aromatic rings. The van der Waals surface area contributed by atoms with Crippen LogP contribution < -0.4 is 5.19 Å². The standard InChI is InChI=1S/C21H28NSi.C21H18N.Ir/c1-16(17-10-8-9-11-17)19-14-20(18-12-6-5-7-13-18)22-15-21(19)23(2,3)4;1-2-7-16(8-3-1)18-13-14-21(22-15-18)20-12-6-10-17-9-4-5-11-19(17)20;/h5-7,12,14-17H,8-11H2,1-4H3;1-3,6-8,10,13-15H,4-5,9,11H2;/q2*-1;. The van der Waals surface area contributed by atoms with E-state index in [0.717, 1.165) is 34.9 Å². The van der Waals surface area contributed by atoms with Crippen LogP contribution in [0.5, 0.6) is 0 Å². The molecule has 0 bridgehead atoms. The summed E-state index contributed by atoms with van der Waals surface area (Å²) in [6.45, 7) is 9.74. The number of pyridine rings is 2. The quantitative estimate of drug-likeness (QED) is 0.126. The van der Waals surface area contributed by atoms with Gasteiger partial charge < -0.3 is 9.97 Å². The van der Waals surface area contributed by atoms with Crippen LogP contribution in [0.1, 0.15) is 68.1 Å². The first-order chi connectivity index (χ1) is 21.9. The van der Waals surface area contributed by atoms with Crippen LogP contribution in [-0.2, 0) is 32.9 Å². The molecule has 1 fully saturated rings. The molecule has 1 atom stereocenters. The Labute approximate surface area is 291 Å². The summed E-state index contributed by atoms with van der Waals surface area (Å²) in [7, 11) is -1.39. The molecule has 0 spiro atoms. The predicted molar refractivity (Wildman–Crippen MR) is 192 cm³/mol. The van der Waals surface area contributed by atoms with Crippen molar-refractivity contribution < 1.29 is 20.1 Å². The van der Waals surface area contributed by atoms with Gasteiger partial charge in [0.1, 0.15) is 0 Å². The topological polar surface area (TPSA) is 25.8 Å². The number of benzene rings is 3. The van der Waals surface area contributed by atoms with Crippen molar-refractivity contribution >= 4 is 13.3 Å². The molecule has 3 aromatic carbocycles. The van der Waals surface area contributed by atoms with E-state index in [1.165, 1.54) is 72.4 Å². The number of hydrogen-bond acceptors (Lipinski definition) is 2. The van der Waals surface area contributed by atoms with E-state index in [1.54, 1.807) is 5.56 Å². The summed E-state index contributed by atoms with van der Waals surface area (Å²) < 4.78 is 0. The molecule has 0 aliphatic heterocycles. The SMILES string of the molecule is CC(c1cc(-c2[c-]cccc2)ncc1[Si](C)(C)C)C1CCCC1.[Ir].[c-]1ccc2c(c1-c1ccc(-c3ccccc3)cn1)CCCC2. The predicted octanol–water partition coefficient (Wildman–Crippen LogP) is 10.5. The molecule has 46 heavy (non-hydrogen) atoms. The zero-order chi connectivity index (χ0) is 31.2. The van der Waals surface area contributed by atoms with Gasteiger partial charge in [-0.25, -0.2) is 0 Å². The van der Waals surface area contributed by atoms with Gasteiger partial charge in [0.15, 0.2) is 0 Å². The first-order valence-corrected chi connectivity index (χ1v) is 20.4. The monoisotopic (exact) mass is 799 g/mol. The molecule has 4 heteroatoms. The maximum atomic E-state index is 4.79. The Balaban J connectivity index is 0.000000177. The average Bonchev–Trinajstić information content (AvgIpc) is 3.64. The van der Waals surface area contributed by atoms with Crippen molar-refractivity contribution in [2.75, 3.05) is 0 Å². The van der Waals surface area contributed by atoms with E-state index in [0.29, 0.717) is 5.92 Å². The molecule has 2 nitrogen and oxygen atoms in total. The maximum Gasteiger partial charge on any atom is 0.0799 e. The Morgan fingerprint density at radius 1 is 0.717 bits per heavy atom. The van der Waals surface area contributed by atoms with Gasteiger partial charge in [-0.1, -0.05) is 113 Å². The molecule has 1 unspecified atom stereocenters. The number of rotatable bonds is 6. The van der Waals surface area contributed by atoms with Crippen molar-refractivity contribution in [1.82, 2.24) is 9.97 Å². The van der Waals surface area contributed by atoms with Crippen LogP contribution in [0.2, 0.25) is 19.6 Å². The second kappa shape index (κ2) is 15.6. The van der Waals surface area contributed by atoms with E-state index >= 15 is 0 Å². The summed E-state index contributed by atoms with van der Waals surface area (Å²) in [4.78, 5) is 9.49. The molecule has 2 aromatic heterocycles. The summed E-state index contributed by atoms with van der Waals surface area (Å²) in [5.74, 6) is 1.49. The van der Waals surface area contributed by atoms with Gasteiger partial charge in [-0.2, -0.15) is 0 Å². The van der Waals surface area contributed by atoms with Crippen molar-refractivity contribution in [2.24, 2.45) is 5.92 Å². The third-order valence-corrected chi connectivity index (χ3v) is 11.8. The third-order valence-electron chi connectivity index (χ3n) is 9.78. The van der Waals surface area contributed by atoms with Gasteiger partial charge in [-0.05, 0) is 58.8 Å². The van der Waals surface area contributed by atoms with E-state index in [9.17, 15) is 0 Å². The molecule has 2 heterocycles. The Bertz CT molecular complexity index is 1690. The number of aryl methyl sites for hydroxylation is 1. The molecule has 0 amide bonds. The summed E-state index contributed by atoms with van der Waals surface area (Å²) in [6, 6.07) is 36.2. The number of fused-ring (bicyclic) bond motifs is 1. The van der Waals surface area contributed by atoms with Crippen LogP contribution in [0.15, 0.2) is 97.3 Å². The molecule has 0 N–H and O–H groups in total. The van der Waals surface area contributed by atoms with Crippen molar-refractivity contribution in [3.8, 4) is 33.6 Å². The normalized spacial score (nSPS) is 15.2.